The lowest BCUT2D eigenvalue weighted by Crippen LogP contribution is -1.96. The molecule has 0 bridgehead atoms. The molecular weight excluding hydrogens is 270 g/mol. The summed E-state index contributed by atoms with van der Waals surface area (Å²) in [5.74, 6) is 0.906. The Morgan fingerprint density at radius 1 is 0.955 bits per heavy atom. The fourth-order valence-corrected chi connectivity index (χ4v) is 2.20. The lowest BCUT2D eigenvalue weighted by Gasteiger charge is -2.07. The van der Waals surface area contributed by atoms with E-state index in [1.807, 2.05) is 43.3 Å². The number of hydrogen-bond acceptors (Lipinski definition) is 2. The number of rotatable bonds is 7. The van der Waals surface area contributed by atoms with Gasteiger partial charge in [-0.3, -0.25) is 0 Å². The zero-order valence-electron chi connectivity index (χ0n) is 13.0. The van der Waals surface area contributed by atoms with Crippen molar-refractivity contribution in [3.8, 4) is 22.9 Å². The molecule has 0 aliphatic carbocycles. The lowest BCUT2D eigenvalue weighted by molar-refractivity contribution is 0.307. The second-order valence-corrected chi connectivity index (χ2v) is 5.13. The smallest absolute Gasteiger partial charge is 0.119 e. The number of allylic oxidation sites excluding steroid dienone is 2. The summed E-state index contributed by atoms with van der Waals surface area (Å²) in [4.78, 5) is 0. The molecular formula is C20H21NO. The van der Waals surface area contributed by atoms with Crippen molar-refractivity contribution in [2.24, 2.45) is 0 Å². The minimum atomic E-state index is 0.682. The van der Waals surface area contributed by atoms with Crippen molar-refractivity contribution in [2.75, 3.05) is 6.61 Å². The fourth-order valence-electron chi connectivity index (χ4n) is 2.20. The van der Waals surface area contributed by atoms with E-state index >= 15 is 0 Å². The SMILES string of the molecule is C/C=C\CCCCOc1ccc(-c2ccc(C#N)cc2)cc1. The Morgan fingerprint density at radius 3 is 2.18 bits per heavy atom. The molecule has 2 aromatic carbocycles. The Balaban J connectivity index is 1.86. The molecule has 112 valence electrons. The second kappa shape index (κ2) is 8.69. The molecule has 2 nitrogen and oxygen atoms in total. The predicted octanol–water partition coefficient (Wildman–Crippen LogP) is 5.35. The summed E-state index contributed by atoms with van der Waals surface area (Å²) in [5, 5.41) is 8.82. The molecule has 0 aromatic heterocycles. The first-order valence-electron chi connectivity index (χ1n) is 7.68. The van der Waals surface area contributed by atoms with Crippen molar-refractivity contribution in [3.63, 3.8) is 0 Å². The minimum absolute atomic E-state index is 0.682. The maximum atomic E-state index is 8.82. The highest BCUT2D eigenvalue weighted by molar-refractivity contribution is 5.64. The van der Waals surface area contributed by atoms with Crippen molar-refractivity contribution in [3.05, 3.63) is 66.2 Å². The molecule has 0 saturated heterocycles. The van der Waals surface area contributed by atoms with Gasteiger partial charge < -0.3 is 4.74 Å². The van der Waals surface area contributed by atoms with Crippen LogP contribution in [-0.2, 0) is 0 Å². The van der Waals surface area contributed by atoms with E-state index in [2.05, 4.69) is 30.4 Å². The van der Waals surface area contributed by atoms with Gasteiger partial charge in [0.2, 0.25) is 0 Å². The second-order valence-electron chi connectivity index (χ2n) is 5.13. The highest BCUT2D eigenvalue weighted by Crippen LogP contribution is 2.22. The van der Waals surface area contributed by atoms with Gasteiger partial charge in [-0.05, 0) is 61.6 Å². The van der Waals surface area contributed by atoms with Crippen LogP contribution in [0.25, 0.3) is 11.1 Å². The van der Waals surface area contributed by atoms with Crippen molar-refractivity contribution in [2.45, 2.75) is 26.2 Å². The number of nitrogens with zero attached hydrogens (tertiary/aromatic N) is 1. The van der Waals surface area contributed by atoms with E-state index in [4.69, 9.17) is 10.00 Å². The summed E-state index contributed by atoms with van der Waals surface area (Å²) in [6.45, 7) is 2.81. The van der Waals surface area contributed by atoms with Gasteiger partial charge in [-0.1, -0.05) is 36.4 Å². The van der Waals surface area contributed by atoms with Crippen molar-refractivity contribution in [1.82, 2.24) is 0 Å². The van der Waals surface area contributed by atoms with E-state index in [1.165, 1.54) is 0 Å². The summed E-state index contributed by atoms with van der Waals surface area (Å²) in [6.07, 6.45) is 7.63. The van der Waals surface area contributed by atoms with E-state index in [1.54, 1.807) is 0 Å². The molecule has 0 aliphatic heterocycles. The summed E-state index contributed by atoms with van der Waals surface area (Å²) >= 11 is 0. The van der Waals surface area contributed by atoms with Gasteiger partial charge in [0.05, 0.1) is 18.2 Å². The van der Waals surface area contributed by atoms with Crippen molar-refractivity contribution in [1.29, 1.82) is 5.26 Å². The molecule has 2 aromatic rings. The predicted molar refractivity (Wildman–Crippen MR) is 90.8 cm³/mol. The van der Waals surface area contributed by atoms with Crippen LogP contribution in [0, 0.1) is 11.3 Å². The maximum absolute atomic E-state index is 8.82. The highest BCUT2D eigenvalue weighted by atomic mass is 16.5. The first kappa shape index (κ1) is 15.9. The minimum Gasteiger partial charge on any atom is -0.494 e. The monoisotopic (exact) mass is 291 g/mol. The van der Waals surface area contributed by atoms with Gasteiger partial charge in [0, 0.05) is 0 Å². The third-order valence-corrected chi connectivity index (χ3v) is 3.47. The molecule has 0 unspecified atom stereocenters. The molecule has 0 heterocycles. The van der Waals surface area contributed by atoms with E-state index in [0.717, 1.165) is 42.7 Å². The van der Waals surface area contributed by atoms with E-state index in [0.29, 0.717) is 5.56 Å². The van der Waals surface area contributed by atoms with Gasteiger partial charge in [0.25, 0.3) is 0 Å². The quantitative estimate of drug-likeness (QED) is 0.509. The van der Waals surface area contributed by atoms with E-state index < -0.39 is 0 Å². The van der Waals surface area contributed by atoms with Crippen LogP contribution in [-0.4, -0.2) is 6.61 Å². The number of benzene rings is 2. The third-order valence-electron chi connectivity index (χ3n) is 3.47. The zero-order valence-corrected chi connectivity index (χ0v) is 13.0. The van der Waals surface area contributed by atoms with Gasteiger partial charge >= 0.3 is 0 Å². The van der Waals surface area contributed by atoms with Crippen LogP contribution >= 0.6 is 0 Å². The van der Waals surface area contributed by atoms with E-state index in [-0.39, 0.29) is 0 Å². The Labute approximate surface area is 132 Å². The standard InChI is InChI=1S/C20H21NO/c1-2-3-4-5-6-15-22-20-13-11-19(12-14-20)18-9-7-17(16-21)8-10-18/h2-3,7-14H,4-6,15H2,1H3/b3-2-. The first-order valence-corrected chi connectivity index (χ1v) is 7.68. The van der Waals surface area contributed by atoms with Crippen LogP contribution in [0.2, 0.25) is 0 Å². The van der Waals surface area contributed by atoms with Crippen LogP contribution in [0.1, 0.15) is 31.7 Å². The Morgan fingerprint density at radius 2 is 1.59 bits per heavy atom. The molecule has 0 radical (unpaired) electrons. The number of hydrogen-bond donors (Lipinski definition) is 0. The maximum Gasteiger partial charge on any atom is 0.119 e. The molecule has 2 rings (SSSR count). The fraction of sp³-hybridized carbons (Fsp3) is 0.250. The average Bonchev–Trinajstić information content (AvgIpc) is 2.59. The van der Waals surface area contributed by atoms with Gasteiger partial charge in [0.15, 0.2) is 0 Å². The number of unbranched alkanes of at least 4 members (excludes halogenated alkanes) is 2. The highest BCUT2D eigenvalue weighted by Gasteiger charge is 1.99. The number of ether oxygens (including phenoxy) is 1. The average molecular weight is 291 g/mol. The third kappa shape index (κ3) is 4.79. The molecule has 0 fully saturated rings. The zero-order chi connectivity index (χ0) is 15.6. The van der Waals surface area contributed by atoms with E-state index in [9.17, 15) is 0 Å². The molecule has 0 amide bonds. The van der Waals surface area contributed by atoms with Gasteiger partial charge in [-0.25, -0.2) is 0 Å². The first-order chi connectivity index (χ1) is 10.8. The molecule has 0 spiro atoms. The van der Waals surface area contributed by atoms with Crippen LogP contribution in [0.15, 0.2) is 60.7 Å². The molecule has 0 atom stereocenters. The van der Waals surface area contributed by atoms with Gasteiger partial charge in [-0.2, -0.15) is 5.26 Å². The normalized spacial score (nSPS) is 10.5. The van der Waals surface area contributed by atoms with Gasteiger partial charge in [-0.15, -0.1) is 0 Å². The summed E-state index contributed by atoms with van der Waals surface area (Å²) < 4.78 is 5.75. The molecule has 22 heavy (non-hydrogen) atoms. The summed E-state index contributed by atoms with van der Waals surface area (Å²) in [6, 6.07) is 17.8. The molecule has 0 aliphatic rings. The number of nitriles is 1. The largest absolute Gasteiger partial charge is 0.494 e. The summed E-state index contributed by atoms with van der Waals surface area (Å²) in [5.41, 5.74) is 2.92. The van der Waals surface area contributed by atoms with Crippen LogP contribution in [0.4, 0.5) is 0 Å². The Kier molecular flexibility index (Phi) is 6.26. The topological polar surface area (TPSA) is 33.0 Å². The molecule has 0 N–H and O–H groups in total. The van der Waals surface area contributed by atoms with Crippen molar-refractivity contribution >= 4 is 0 Å². The Hall–Kier alpha value is -2.53. The van der Waals surface area contributed by atoms with Crippen LogP contribution in [0.5, 0.6) is 5.75 Å². The van der Waals surface area contributed by atoms with Gasteiger partial charge in [0.1, 0.15) is 5.75 Å². The molecule has 2 heteroatoms. The summed E-state index contributed by atoms with van der Waals surface area (Å²) in [7, 11) is 0. The van der Waals surface area contributed by atoms with Crippen LogP contribution < -0.4 is 4.74 Å². The molecule has 0 saturated carbocycles. The lowest BCUT2D eigenvalue weighted by atomic mass is 10.0. The van der Waals surface area contributed by atoms with Crippen molar-refractivity contribution < 1.29 is 4.74 Å². The Bertz CT molecular complexity index is 633. The van der Waals surface area contributed by atoms with Crippen LogP contribution in [0.3, 0.4) is 0 Å².